The van der Waals surface area contributed by atoms with E-state index in [1.165, 1.54) is 12.1 Å². The van der Waals surface area contributed by atoms with Gasteiger partial charge in [0.25, 0.3) is 11.5 Å². The Kier molecular flexibility index (Phi) is 6.39. The van der Waals surface area contributed by atoms with E-state index in [4.69, 9.17) is 9.47 Å². The van der Waals surface area contributed by atoms with Crippen LogP contribution in [0.15, 0.2) is 41.2 Å². The minimum absolute atomic E-state index is 0.00996. The van der Waals surface area contributed by atoms with Crippen LogP contribution in [-0.2, 0) is 22.3 Å². The van der Waals surface area contributed by atoms with Crippen LogP contribution in [0, 0.1) is 5.82 Å². The lowest BCUT2D eigenvalue weighted by Crippen LogP contribution is -2.39. The van der Waals surface area contributed by atoms with Crippen molar-refractivity contribution in [3.05, 3.63) is 69.3 Å². The van der Waals surface area contributed by atoms with Crippen LogP contribution in [0.5, 0.6) is 11.5 Å². The third kappa shape index (κ3) is 5.23. The molecule has 0 spiro atoms. The number of alkyl halides is 3. The zero-order valence-corrected chi connectivity index (χ0v) is 19.9. The van der Waals surface area contributed by atoms with E-state index in [9.17, 15) is 37.1 Å². The molecule has 3 aromatic rings. The summed E-state index contributed by atoms with van der Waals surface area (Å²) in [6.07, 6.45) is -5.55. The summed E-state index contributed by atoms with van der Waals surface area (Å²) in [5, 5.41) is 12.7. The summed E-state index contributed by atoms with van der Waals surface area (Å²) in [4.78, 5) is 38.1. The molecule has 8 nitrogen and oxygen atoms in total. The molecule has 37 heavy (non-hydrogen) atoms. The fourth-order valence-electron chi connectivity index (χ4n) is 4.01. The average molecular weight is 522 g/mol. The second-order valence-electron chi connectivity index (χ2n) is 9.43. The topological polar surface area (TPSA) is 107 Å². The van der Waals surface area contributed by atoms with Gasteiger partial charge in [0, 0.05) is 11.5 Å². The number of nitrogens with zero attached hydrogens (tertiary/aromatic N) is 1. The number of pyridine rings is 1. The first kappa shape index (κ1) is 26.0. The number of halogens is 4. The molecule has 1 aromatic heterocycles. The number of ether oxygens (including phenoxy) is 2. The molecular formula is C25H22F4N2O6. The van der Waals surface area contributed by atoms with Gasteiger partial charge in [0.05, 0.1) is 17.6 Å². The van der Waals surface area contributed by atoms with Crippen LogP contribution in [-0.4, -0.2) is 33.7 Å². The zero-order valence-electron chi connectivity index (χ0n) is 19.9. The first-order chi connectivity index (χ1) is 17.2. The smallest absolute Gasteiger partial charge is 0.416 e. The number of nitrogens with one attached hydrogen (secondary N) is 1. The highest BCUT2D eigenvalue weighted by Gasteiger charge is 2.33. The highest BCUT2D eigenvalue weighted by atomic mass is 19.4. The summed E-state index contributed by atoms with van der Waals surface area (Å²) >= 11 is 0. The molecule has 0 fully saturated rings. The molecule has 0 bridgehead atoms. The maximum atomic E-state index is 14.4. The third-order valence-corrected chi connectivity index (χ3v) is 5.53. The van der Waals surface area contributed by atoms with Crippen LogP contribution >= 0.6 is 0 Å². The van der Waals surface area contributed by atoms with E-state index in [1.54, 1.807) is 20.8 Å². The van der Waals surface area contributed by atoms with Gasteiger partial charge in [0.1, 0.15) is 41.1 Å². The van der Waals surface area contributed by atoms with Gasteiger partial charge in [0.2, 0.25) is 0 Å². The monoisotopic (exact) mass is 522 g/mol. The van der Waals surface area contributed by atoms with Gasteiger partial charge in [-0.15, -0.1) is 0 Å². The van der Waals surface area contributed by atoms with Crippen LogP contribution in [0.25, 0.3) is 10.9 Å². The summed E-state index contributed by atoms with van der Waals surface area (Å²) < 4.78 is 65.2. The second kappa shape index (κ2) is 9.09. The number of amides is 1. The number of benzene rings is 2. The number of esters is 1. The van der Waals surface area contributed by atoms with Crippen LogP contribution in [0.1, 0.15) is 48.4 Å². The maximum Gasteiger partial charge on any atom is 0.416 e. The predicted molar refractivity (Wildman–Crippen MR) is 123 cm³/mol. The molecule has 2 aromatic carbocycles. The molecule has 196 valence electrons. The first-order valence-electron chi connectivity index (χ1n) is 11.1. The first-order valence-corrected chi connectivity index (χ1v) is 11.1. The average Bonchev–Trinajstić information content (AvgIpc) is 2.79. The Morgan fingerprint density at radius 2 is 1.81 bits per heavy atom. The SMILES string of the molecule is CC(C)(C)OC(=O)CNC(=O)c1c(O)c2cc(F)cc3c2n(c1=O)CC(c1ccc(C(F)(F)F)cc1)O3. The zero-order chi connectivity index (χ0) is 27.3. The summed E-state index contributed by atoms with van der Waals surface area (Å²) in [6, 6.07) is 5.94. The van der Waals surface area contributed by atoms with Gasteiger partial charge < -0.3 is 19.9 Å². The standard InChI is InChI=1S/C25H22F4N2O6/c1-24(2,3)37-18(32)10-30-22(34)19-21(33)15-8-14(26)9-16-20(15)31(23(19)35)11-17(36-16)12-4-6-13(7-5-12)25(27,28)29/h4-9,17,33H,10-11H2,1-3H3,(H,30,34). The largest absolute Gasteiger partial charge is 0.506 e. The second-order valence-corrected chi connectivity index (χ2v) is 9.43. The molecule has 1 atom stereocenters. The molecule has 2 heterocycles. The minimum atomic E-state index is -4.55. The predicted octanol–water partition coefficient (Wildman–Crippen LogP) is 4.07. The van der Waals surface area contributed by atoms with E-state index in [1.807, 2.05) is 0 Å². The number of hydrogen-bond acceptors (Lipinski definition) is 6. The molecule has 12 heteroatoms. The summed E-state index contributed by atoms with van der Waals surface area (Å²) in [5.74, 6) is -3.68. The van der Waals surface area contributed by atoms with Gasteiger partial charge in [-0.3, -0.25) is 19.0 Å². The Hall–Kier alpha value is -4.09. The highest BCUT2D eigenvalue weighted by molar-refractivity contribution is 6.04. The van der Waals surface area contributed by atoms with Crippen molar-refractivity contribution >= 4 is 22.8 Å². The molecule has 4 rings (SSSR count). The quantitative estimate of drug-likeness (QED) is 0.395. The van der Waals surface area contributed by atoms with E-state index in [2.05, 4.69) is 5.32 Å². The van der Waals surface area contributed by atoms with Gasteiger partial charge in [0.15, 0.2) is 0 Å². The van der Waals surface area contributed by atoms with Crippen LogP contribution in [0.3, 0.4) is 0 Å². The number of rotatable bonds is 4. The number of hydrogen-bond donors (Lipinski definition) is 2. The molecule has 0 aliphatic carbocycles. The van der Waals surface area contributed by atoms with Gasteiger partial charge >= 0.3 is 12.1 Å². The van der Waals surface area contributed by atoms with E-state index >= 15 is 0 Å². The normalized spacial score (nSPS) is 15.3. The molecular weight excluding hydrogens is 500 g/mol. The lowest BCUT2D eigenvalue weighted by atomic mass is 10.0. The van der Waals surface area contributed by atoms with Crippen LogP contribution in [0.4, 0.5) is 17.6 Å². The maximum absolute atomic E-state index is 14.4. The number of carbonyl (C=O) groups is 2. The van der Waals surface area contributed by atoms with Crippen molar-refractivity contribution < 1.29 is 41.7 Å². The van der Waals surface area contributed by atoms with E-state index in [-0.39, 0.29) is 28.8 Å². The van der Waals surface area contributed by atoms with Crippen LogP contribution in [0.2, 0.25) is 0 Å². The van der Waals surface area contributed by atoms with Crippen molar-refractivity contribution in [3.63, 3.8) is 0 Å². The van der Waals surface area contributed by atoms with E-state index in [0.717, 1.165) is 28.8 Å². The summed E-state index contributed by atoms with van der Waals surface area (Å²) in [6.45, 7) is 4.03. The molecule has 1 unspecified atom stereocenters. The van der Waals surface area contributed by atoms with E-state index in [0.29, 0.717) is 0 Å². The van der Waals surface area contributed by atoms with Gasteiger partial charge in [-0.05, 0) is 44.5 Å². The Morgan fingerprint density at radius 3 is 2.41 bits per heavy atom. The Labute approximate surface area is 207 Å². The fraction of sp³-hybridized carbons (Fsp3) is 0.320. The van der Waals surface area contributed by atoms with Gasteiger partial charge in [-0.25, -0.2) is 4.39 Å². The molecule has 1 amide bonds. The van der Waals surface area contributed by atoms with Crippen molar-refractivity contribution in [2.24, 2.45) is 0 Å². The number of aromatic hydroxyl groups is 1. The molecule has 2 N–H and O–H groups in total. The Bertz CT molecular complexity index is 1460. The molecule has 0 saturated carbocycles. The van der Waals surface area contributed by atoms with Crippen molar-refractivity contribution in [3.8, 4) is 11.5 Å². The van der Waals surface area contributed by atoms with Crippen molar-refractivity contribution in [1.29, 1.82) is 0 Å². The molecule has 0 saturated heterocycles. The van der Waals surface area contributed by atoms with Crippen molar-refractivity contribution in [2.45, 2.75) is 45.2 Å². The summed E-state index contributed by atoms with van der Waals surface area (Å²) in [7, 11) is 0. The number of carbonyl (C=O) groups excluding carboxylic acids is 2. The van der Waals surface area contributed by atoms with Gasteiger partial charge in [-0.2, -0.15) is 13.2 Å². The Balaban J connectivity index is 1.73. The third-order valence-electron chi connectivity index (χ3n) is 5.53. The molecule has 1 aliphatic rings. The van der Waals surface area contributed by atoms with Crippen molar-refractivity contribution in [2.75, 3.05) is 6.54 Å². The van der Waals surface area contributed by atoms with Gasteiger partial charge in [-0.1, -0.05) is 12.1 Å². The Morgan fingerprint density at radius 1 is 1.16 bits per heavy atom. The molecule has 0 radical (unpaired) electrons. The fourth-order valence-corrected chi connectivity index (χ4v) is 4.01. The van der Waals surface area contributed by atoms with Crippen molar-refractivity contribution in [1.82, 2.24) is 9.88 Å². The van der Waals surface area contributed by atoms with Crippen LogP contribution < -0.4 is 15.6 Å². The highest BCUT2D eigenvalue weighted by Crippen LogP contribution is 2.40. The summed E-state index contributed by atoms with van der Waals surface area (Å²) in [5.41, 5.74) is -3.12. The lowest BCUT2D eigenvalue weighted by molar-refractivity contribution is -0.153. The lowest BCUT2D eigenvalue weighted by Gasteiger charge is -2.29. The number of aromatic nitrogens is 1. The molecule has 1 aliphatic heterocycles. The minimum Gasteiger partial charge on any atom is -0.506 e. The van der Waals surface area contributed by atoms with E-state index < -0.39 is 64.6 Å².